The molecule has 0 spiro atoms. The molecule has 140 valence electrons. The number of fused-ring (bicyclic) bond motifs is 2. The smallest absolute Gasteiger partial charge is 0.366 e. The minimum Gasteiger partial charge on any atom is -0.366 e. The highest BCUT2D eigenvalue weighted by Crippen LogP contribution is 2.47. The van der Waals surface area contributed by atoms with E-state index in [1.165, 1.54) is 37.8 Å². The molecule has 1 aromatic rings. The van der Waals surface area contributed by atoms with Gasteiger partial charge in [-0.1, -0.05) is 19.3 Å². The van der Waals surface area contributed by atoms with Gasteiger partial charge in [0, 0.05) is 22.7 Å². The summed E-state index contributed by atoms with van der Waals surface area (Å²) in [6.45, 7) is 1.78. The minimum atomic E-state index is -4.28. The number of nitrogens with zero attached hydrogens (tertiary/aromatic N) is 2. The van der Waals surface area contributed by atoms with Crippen molar-refractivity contribution in [2.75, 3.05) is 32.1 Å². The largest absolute Gasteiger partial charge is 0.416 e. The molecule has 1 aliphatic heterocycles. The molecule has 2 atom stereocenters. The maximum atomic E-state index is 13.2. The third kappa shape index (κ3) is 4.45. The molecule has 6 heteroatoms. The molecule has 2 nitrogen and oxygen atoms in total. The van der Waals surface area contributed by atoms with Gasteiger partial charge in [-0.2, -0.15) is 13.2 Å². The minimum absolute atomic E-state index is 0.366. The molecule has 3 rings (SSSR count). The molecule has 1 aromatic carbocycles. The Hall–Kier alpha value is -0.880. The van der Waals surface area contributed by atoms with Gasteiger partial charge in [-0.05, 0) is 58.1 Å². The number of hydrogen-bond donors (Lipinski definition) is 0. The summed E-state index contributed by atoms with van der Waals surface area (Å²) >= 11 is 1.80. The van der Waals surface area contributed by atoms with E-state index in [0.29, 0.717) is 11.3 Å². The Morgan fingerprint density at radius 3 is 2.64 bits per heavy atom. The highest BCUT2D eigenvalue weighted by atomic mass is 32.2. The average Bonchev–Trinajstić information content (AvgIpc) is 2.77. The van der Waals surface area contributed by atoms with Crippen LogP contribution in [0.25, 0.3) is 0 Å². The van der Waals surface area contributed by atoms with Crippen molar-refractivity contribution in [2.24, 2.45) is 0 Å². The monoisotopic (exact) mass is 372 g/mol. The molecular weight excluding hydrogens is 345 g/mol. The number of rotatable bonds is 4. The van der Waals surface area contributed by atoms with Gasteiger partial charge in [0.2, 0.25) is 0 Å². The van der Waals surface area contributed by atoms with Crippen LogP contribution in [-0.4, -0.2) is 43.4 Å². The van der Waals surface area contributed by atoms with Crippen molar-refractivity contribution < 1.29 is 13.2 Å². The molecule has 1 heterocycles. The Labute approximate surface area is 152 Å². The summed E-state index contributed by atoms with van der Waals surface area (Å²) in [5.41, 5.74) is 0.262. The zero-order valence-corrected chi connectivity index (χ0v) is 15.8. The third-order valence-corrected chi connectivity index (χ3v) is 6.65. The lowest BCUT2D eigenvalue weighted by atomic mass is 10.0. The lowest BCUT2D eigenvalue weighted by Crippen LogP contribution is -2.46. The summed E-state index contributed by atoms with van der Waals surface area (Å²) in [7, 11) is 4.08. The molecule has 0 aromatic heterocycles. The van der Waals surface area contributed by atoms with Crippen molar-refractivity contribution in [1.82, 2.24) is 4.90 Å². The summed E-state index contributed by atoms with van der Waals surface area (Å²) in [6, 6.07) is 4.66. The molecule has 0 amide bonds. The fraction of sp³-hybridized carbons (Fsp3) is 0.684. The fourth-order valence-corrected chi connectivity index (χ4v) is 5.45. The molecule has 2 aliphatic rings. The Kier molecular flexibility index (Phi) is 5.88. The zero-order chi connectivity index (χ0) is 18.0. The van der Waals surface area contributed by atoms with Gasteiger partial charge in [-0.15, -0.1) is 11.8 Å². The summed E-state index contributed by atoms with van der Waals surface area (Å²) in [4.78, 5) is 5.44. The molecule has 0 N–H and O–H groups in total. The summed E-state index contributed by atoms with van der Waals surface area (Å²) < 4.78 is 39.6. The second-order valence-corrected chi connectivity index (χ2v) is 8.67. The fourth-order valence-electron chi connectivity index (χ4n) is 3.95. The maximum Gasteiger partial charge on any atom is 0.416 e. The standard InChI is InChI=1S/C19H27F3N2S/c1-23(2)11-6-12-24-15-7-4-3-5-8-17(15)25-18-10-9-14(13-16(18)24)19(20,21)22/h9-10,13,15,17H,3-8,11-12H2,1-2H3. The first-order valence-corrected chi connectivity index (χ1v) is 10.0. The zero-order valence-electron chi connectivity index (χ0n) is 15.0. The number of thioether (sulfide) groups is 1. The Morgan fingerprint density at radius 2 is 1.92 bits per heavy atom. The van der Waals surface area contributed by atoms with Gasteiger partial charge in [0.15, 0.2) is 0 Å². The van der Waals surface area contributed by atoms with E-state index in [1.54, 1.807) is 17.8 Å². The van der Waals surface area contributed by atoms with Crippen LogP contribution in [0.2, 0.25) is 0 Å². The average molecular weight is 373 g/mol. The van der Waals surface area contributed by atoms with E-state index in [1.807, 2.05) is 14.1 Å². The van der Waals surface area contributed by atoms with Crippen LogP contribution in [0, 0.1) is 0 Å². The van der Waals surface area contributed by atoms with Gasteiger partial charge in [0.05, 0.1) is 11.3 Å². The van der Waals surface area contributed by atoms with Crippen LogP contribution in [0.15, 0.2) is 23.1 Å². The van der Waals surface area contributed by atoms with E-state index in [0.717, 1.165) is 36.5 Å². The van der Waals surface area contributed by atoms with Crippen LogP contribution >= 0.6 is 11.8 Å². The van der Waals surface area contributed by atoms with Crippen LogP contribution in [0.5, 0.6) is 0 Å². The lowest BCUT2D eigenvalue weighted by Gasteiger charge is -2.43. The van der Waals surface area contributed by atoms with E-state index in [2.05, 4.69) is 9.80 Å². The Morgan fingerprint density at radius 1 is 1.16 bits per heavy atom. The van der Waals surface area contributed by atoms with Crippen LogP contribution in [0.4, 0.5) is 18.9 Å². The van der Waals surface area contributed by atoms with Gasteiger partial charge < -0.3 is 9.80 Å². The molecule has 1 aliphatic carbocycles. The number of hydrogen-bond acceptors (Lipinski definition) is 3. The normalized spacial score (nSPS) is 24.0. The molecule has 0 radical (unpaired) electrons. The maximum absolute atomic E-state index is 13.2. The summed E-state index contributed by atoms with van der Waals surface area (Å²) in [6.07, 6.45) is 2.60. The van der Waals surface area contributed by atoms with Crippen molar-refractivity contribution in [3.05, 3.63) is 23.8 Å². The highest BCUT2D eigenvalue weighted by molar-refractivity contribution is 8.00. The first-order chi connectivity index (χ1) is 11.9. The molecular formula is C19H27F3N2S. The first-order valence-electron chi connectivity index (χ1n) is 9.15. The van der Waals surface area contributed by atoms with E-state index < -0.39 is 11.7 Å². The first kappa shape index (κ1) is 18.9. The predicted octanol–water partition coefficient (Wildman–Crippen LogP) is 5.27. The number of halogens is 3. The van der Waals surface area contributed by atoms with Crippen LogP contribution < -0.4 is 4.90 Å². The summed E-state index contributed by atoms with van der Waals surface area (Å²) in [5.74, 6) is 0. The van der Waals surface area contributed by atoms with Crippen LogP contribution in [0.1, 0.15) is 44.1 Å². The number of alkyl halides is 3. The SMILES string of the molecule is CN(C)CCCN1c2cc(C(F)(F)F)ccc2SC2CCCCCC21. The topological polar surface area (TPSA) is 6.48 Å². The molecule has 1 fully saturated rings. The molecule has 0 bridgehead atoms. The number of benzene rings is 1. The highest BCUT2D eigenvalue weighted by Gasteiger charge is 2.38. The predicted molar refractivity (Wildman–Crippen MR) is 98.5 cm³/mol. The van der Waals surface area contributed by atoms with Crippen molar-refractivity contribution >= 4 is 17.4 Å². The van der Waals surface area contributed by atoms with E-state index in [-0.39, 0.29) is 0 Å². The van der Waals surface area contributed by atoms with Gasteiger partial charge in [-0.3, -0.25) is 0 Å². The summed E-state index contributed by atoms with van der Waals surface area (Å²) in [5, 5.41) is 0.506. The molecule has 0 saturated heterocycles. The van der Waals surface area contributed by atoms with Gasteiger partial charge >= 0.3 is 6.18 Å². The number of anilines is 1. The third-order valence-electron chi connectivity index (χ3n) is 5.20. The molecule has 2 unspecified atom stereocenters. The molecule has 25 heavy (non-hydrogen) atoms. The van der Waals surface area contributed by atoms with Gasteiger partial charge in [0.1, 0.15) is 0 Å². The van der Waals surface area contributed by atoms with Gasteiger partial charge in [-0.25, -0.2) is 0 Å². The van der Waals surface area contributed by atoms with Crippen molar-refractivity contribution in [3.63, 3.8) is 0 Å². The van der Waals surface area contributed by atoms with E-state index >= 15 is 0 Å². The van der Waals surface area contributed by atoms with E-state index in [4.69, 9.17) is 0 Å². The molecule has 1 saturated carbocycles. The van der Waals surface area contributed by atoms with Crippen LogP contribution in [0.3, 0.4) is 0 Å². The van der Waals surface area contributed by atoms with E-state index in [9.17, 15) is 13.2 Å². The van der Waals surface area contributed by atoms with Gasteiger partial charge in [0.25, 0.3) is 0 Å². The second kappa shape index (κ2) is 7.78. The van der Waals surface area contributed by atoms with Crippen molar-refractivity contribution in [3.8, 4) is 0 Å². The quantitative estimate of drug-likeness (QED) is 0.711. The van der Waals surface area contributed by atoms with Crippen LogP contribution in [-0.2, 0) is 6.18 Å². The Balaban J connectivity index is 1.92. The Bertz CT molecular complexity index is 589. The van der Waals surface area contributed by atoms with Crippen molar-refractivity contribution in [1.29, 1.82) is 0 Å². The lowest BCUT2D eigenvalue weighted by molar-refractivity contribution is -0.137. The second-order valence-electron chi connectivity index (χ2n) is 7.39. The van der Waals surface area contributed by atoms with Crippen molar-refractivity contribution in [2.45, 2.75) is 60.9 Å².